The van der Waals surface area contributed by atoms with Gasteiger partial charge in [-0.05, 0) is 109 Å². The van der Waals surface area contributed by atoms with Crippen LogP contribution >= 0.6 is 0 Å². The van der Waals surface area contributed by atoms with Gasteiger partial charge in [-0.2, -0.15) is 8.78 Å². The van der Waals surface area contributed by atoms with E-state index in [0.717, 1.165) is 75.4 Å². The molecule has 0 unspecified atom stereocenters. The van der Waals surface area contributed by atoms with Gasteiger partial charge in [0.25, 0.3) is 11.4 Å². The highest BCUT2D eigenvalue weighted by Crippen LogP contribution is 2.39. The quantitative estimate of drug-likeness (QED) is 0.104. The zero-order valence-corrected chi connectivity index (χ0v) is 48.4. The summed E-state index contributed by atoms with van der Waals surface area (Å²) in [6.45, 7) is 0. The molecule has 0 atom stereocenters. The first-order valence-corrected chi connectivity index (χ1v) is 28.7. The van der Waals surface area contributed by atoms with E-state index in [1.807, 2.05) is 127 Å². The molecule has 0 fully saturated rings. The maximum absolute atomic E-state index is 14.8. The van der Waals surface area contributed by atoms with Gasteiger partial charge in [0.1, 0.15) is 50.9 Å². The lowest BCUT2D eigenvalue weighted by molar-refractivity contribution is -0.397. The van der Waals surface area contributed by atoms with E-state index in [-0.39, 0.29) is 29.2 Å². The highest BCUT2D eigenvalue weighted by atomic mass is 19.1. The second-order valence-corrected chi connectivity index (χ2v) is 21.6. The summed E-state index contributed by atoms with van der Waals surface area (Å²) in [7, 11) is 0. The van der Waals surface area contributed by atoms with E-state index in [0.29, 0.717) is 55.8 Å². The summed E-state index contributed by atoms with van der Waals surface area (Å²) in [4.78, 5) is 86.8. The molecule has 26 heteroatoms. The van der Waals surface area contributed by atoms with Gasteiger partial charge in [0.2, 0.25) is 11.6 Å². The number of nitro benzene ring substituents is 4. The fourth-order valence-corrected chi connectivity index (χ4v) is 12.1. The number of hydrogen-bond donors (Lipinski definition) is 1. The van der Waals surface area contributed by atoms with Crippen LogP contribution in [-0.4, -0.2) is 47.5 Å². The molecule has 0 aliphatic heterocycles. The molecular formula is C69H38F2N10O14. The van der Waals surface area contributed by atoms with Crippen molar-refractivity contribution in [3.63, 3.8) is 0 Å². The molecule has 0 amide bonds. The largest absolute Gasteiger partial charge is 0.456 e. The van der Waals surface area contributed by atoms with Crippen LogP contribution in [0.4, 0.5) is 31.5 Å². The summed E-state index contributed by atoms with van der Waals surface area (Å²) in [5, 5.41) is 51.1. The topological polar surface area (TPSA) is 304 Å². The Morgan fingerprint density at radius 2 is 0.632 bits per heavy atom. The summed E-state index contributed by atoms with van der Waals surface area (Å²) >= 11 is 0. The molecule has 0 aliphatic carbocycles. The van der Waals surface area contributed by atoms with Gasteiger partial charge < -0.3 is 18.2 Å². The van der Waals surface area contributed by atoms with E-state index >= 15 is 0 Å². The Bertz CT molecular complexity index is 6070. The zero-order valence-electron chi connectivity index (χ0n) is 48.4. The second kappa shape index (κ2) is 22.2. The van der Waals surface area contributed by atoms with Crippen LogP contribution in [0.3, 0.4) is 0 Å². The molecule has 24 nitrogen and oxygen atoms in total. The number of benzene rings is 11. The van der Waals surface area contributed by atoms with E-state index in [9.17, 15) is 63.6 Å². The van der Waals surface area contributed by atoms with Crippen LogP contribution in [-0.2, 0) is 0 Å². The number of aromatic amines is 1. The second-order valence-electron chi connectivity index (χ2n) is 21.6. The predicted molar refractivity (Wildman–Crippen MR) is 350 cm³/mol. The Balaban J connectivity index is 0.000000163. The number of hydrogen-bond acceptors (Lipinski definition) is 14. The molecule has 0 saturated carbocycles. The fourth-order valence-electron chi connectivity index (χ4n) is 12.1. The molecule has 11 aromatic carbocycles. The van der Waals surface area contributed by atoms with Gasteiger partial charge in [0.05, 0.1) is 75.9 Å². The van der Waals surface area contributed by atoms with E-state index in [2.05, 4.69) is 4.98 Å². The van der Waals surface area contributed by atoms with Gasteiger partial charge in [-0.3, -0.25) is 63.3 Å². The molecule has 0 saturated heterocycles. The lowest BCUT2D eigenvalue weighted by Crippen LogP contribution is -2.25. The number of aromatic nitrogens is 6. The predicted octanol–water partition coefficient (Wildman–Crippen LogP) is 15.5. The zero-order chi connectivity index (χ0) is 65.7. The van der Waals surface area contributed by atoms with Crippen LogP contribution in [0.25, 0.3) is 127 Å². The van der Waals surface area contributed by atoms with Crippen molar-refractivity contribution < 1.29 is 41.7 Å². The van der Waals surface area contributed by atoms with Crippen LogP contribution in [0.2, 0.25) is 0 Å². The highest BCUT2D eigenvalue weighted by molar-refractivity contribution is 6.08. The van der Waals surface area contributed by atoms with E-state index in [1.165, 1.54) is 15.2 Å². The third-order valence-electron chi connectivity index (χ3n) is 16.3. The molecule has 17 rings (SSSR count). The minimum Gasteiger partial charge on any atom is -0.456 e. The monoisotopic (exact) mass is 1270 g/mol. The standard InChI is InChI=1S/C44H24N6O8.C19H12N2O2.C6H2F2N2O4/c51-43-45(25-17-19-41-29(21-25)27-9-1-7-15-39(27)57-41)31-11-3-5-13-33(31)47(43)35-23-36(38(50(55)56)24-37(35)49(53)54)48-34-14-6-4-12-32(34)46(44(48)52)26-18-20-42-30(22-26)28-10-2-8-16-40(28)58-42;22-19-20-15-6-2-3-7-16(15)21(19)12-9-10-18-14(11-12)13-5-1-4-8-17(13)23-18;7-3-1-4(8)6(10(13)14)2-5(3)9(11)12/h1-24H;1-11H,(H,20,22);1-2H. The number of nitrogens with zero attached hydrogens (tertiary/aromatic N) is 9. The number of rotatable bonds is 9. The summed E-state index contributed by atoms with van der Waals surface area (Å²) < 4.78 is 50.0. The summed E-state index contributed by atoms with van der Waals surface area (Å²) in [5.41, 5.74) is 3.43. The first kappa shape index (κ1) is 57.5. The van der Waals surface area contributed by atoms with Crippen LogP contribution in [0.5, 0.6) is 0 Å². The highest BCUT2D eigenvalue weighted by Gasteiger charge is 2.32. The van der Waals surface area contributed by atoms with Crippen LogP contribution in [0.1, 0.15) is 0 Å². The maximum Gasteiger partial charge on any atom is 0.338 e. The summed E-state index contributed by atoms with van der Waals surface area (Å²) in [6.07, 6.45) is 0. The maximum atomic E-state index is 14.8. The Kier molecular flexibility index (Phi) is 13.5. The van der Waals surface area contributed by atoms with Crippen molar-refractivity contribution in [1.82, 2.24) is 27.8 Å². The van der Waals surface area contributed by atoms with Crippen molar-refractivity contribution in [3.8, 4) is 28.4 Å². The smallest absolute Gasteiger partial charge is 0.338 e. The minimum absolute atomic E-state index is 0.107. The third kappa shape index (κ3) is 9.47. The molecule has 1 N–H and O–H groups in total. The van der Waals surface area contributed by atoms with Gasteiger partial charge in [-0.15, -0.1) is 0 Å². The molecule has 6 aromatic heterocycles. The average Bonchev–Trinajstić information content (AvgIpc) is 1.61. The van der Waals surface area contributed by atoms with Crippen LogP contribution < -0.4 is 17.1 Å². The molecule has 0 spiro atoms. The van der Waals surface area contributed by atoms with Gasteiger partial charge in [0, 0.05) is 44.5 Å². The first-order valence-electron chi connectivity index (χ1n) is 28.7. The van der Waals surface area contributed by atoms with Crippen molar-refractivity contribution in [1.29, 1.82) is 0 Å². The van der Waals surface area contributed by atoms with E-state index in [1.54, 1.807) is 77.4 Å². The van der Waals surface area contributed by atoms with Gasteiger partial charge >= 0.3 is 28.4 Å². The minimum atomic E-state index is -1.45. The SMILES string of the molecule is O=[N+]([O-])c1cc([N+](=O)[O-])c(F)cc1F.O=c1[nH]c2ccccc2n1-c1ccc2oc3ccccc3c2c1.O=c1n(-c2ccc3oc4ccccc4c3c2)c2ccccc2n1-c1cc(-n2c(=O)n(-c3ccc4oc5ccccc5c4c3)c3ccccc32)c([N+](=O)[O-])cc1[N+](=O)[O-]. The van der Waals surface area contributed by atoms with Crippen molar-refractivity contribution >= 4 is 122 Å². The van der Waals surface area contributed by atoms with Crippen molar-refractivity contribution in [2.75, 3.05) is 0 Å². The Labute approximate surface area is 525 Å². The van der Waals surface area contributed by atoms with E-state index in [4.69, 9.17) is 13.3 Å². The molecule has 6 heterocycles. The van der Waals surface area contributed by atoms with Crippen LogP contribution in [0, 0.1) is 52.1 Å². The molecular weight excluding hydrogens is 1230 g/mol. The third-order valence-corrected chi connectivity index (χ3v) is 16.3. The van der Waals surface area contributed by atoms with Crippen molar-refractivity contribution in [3.05, 3.63) is 308 Å². The Morgan fingerprint density at radius 3 is 1.02 bits per heavy atom. The lowest BCUT2D eigenvalue weighted by atomic mass is 10.1. The number of fused-ring (bicyclic) bond motifs is 12. The molecule has 0 radical (unpaired) electrons. The van der Waals surface area contributed by atoms with Gasteiger partial charge in [-0.25, -0.2) is 14.4 Å². The van der Waals surface area contributed by atoms with Gasteiger partial charge in [-0.1, -0.05) is 91.0 Å². The average molecular weight is 1270 g/mol. The summed E-state index contributed by atoms with van der Waals surface area (Å²) in [5.74, 6) is -2.89. The van der Waals surface area contributed by atoms with Crippen LogP contribution in [0.15, 0.2) is 252 Å². The van der Waals surface area contributed by atoms with Gasteiger partial charge in [0.15, 0.2) is 0 Å². The molecule has 0 aliphatic rings. The van der Waals surface area contributed by atoms with Crippen molar-refractivity contribution in [2.45, 2.75) is 0 Å². The number of nitrogens with one attached hydrogen (secondary N) is 1. The molecule has 17 aromatic rings. The number of imidazole rings is 3. The number of furan rings is 3. The summed E-state index contributed by atoms with van der Waals surface area (Å²) in [6, 6.07) is 62.9. The molecule has 95 heavy (non-hydrogen) atoms. The first-order chi connectivity index (χ1) is 46.0. The molecule has 0 bridgehead atoms. The number of H-pyrrole nitrogens is 1. The Morgan fingerprint density at radius 1 is 0.316 bits per heavy atom. The van der Waals surface area contributed by atoms with Crippen molar-refractivity contribution in [2.24, 2.45) is 0 Å². The number of para-hydroxylation sites is 9. The van der Waals surface area contributed by atoms with E-state index < -0.39 is 65.5 Å². The number of nitro groups is 4. The normalized spacial score (nSPS) is 11.5. The Hall–Kier alpha value is -13.9. The molecule has 462 valence electrons. The lowest BCUT2D eigenvalue weighted by Gasteiger charge is -2.10. The fraction of sp³-hybridized carbons (Fsp3) is 0. The number of halogens is 2.